The molecule has 1 saturated heterocycles. The summed E-state index contributed by atoms with van der Waals surface area (Å²) < 4.78 is 0. The summed E-state index contributed by atoms with van der Waals surface area (Å²) in [4.78, 5) is 48.5. The number of rotatable bonds is 2. The zero-order valence-corrected chi connectivity index (χ0v) is 12.0. The largest absolute Gasteiger partial charge is 0.326 e. The van der Waals surface area contributed by atoms with Gasteiger partial charge >= 0.3 is 0 Å². The number of fused-ring (bicyclic) bond motifs is 1. The highest BCUT2D eigenvalue weighted by Crippen LogP contribution is 2.32. The van der Waals surface area contributed by atoms with Crippen molar-refractivity contribution in [3.8, 4) is 0 Å². The molecule has 2 aliphatic heterocycles. The smallest absolute Gasteiger partial charge is 0.257 e. The average Bonchev–Trinajstić information content (AvgIpc) is 2.76. The number of nitrogens with zero attached hydrogens (tertiary/aromatic N) is 1. The van der Waals surface area contributed by atoms with Crippen molar-refractivity contribution in [2.24, 2.45) is 0 Å². The predicted octanol–water partition coefficient (Wildman–Crippen LogP) is 0.406. The van der Waals surface area contributed by atoms with Crippen LogP contribution in [0.15, 0.2) is 18.2 Å². The molecule has 0 aromatic heterocycles. The van der Waals surface area contributed by atoms with Gasteiger partial charge < -0.3 is 10.2 Å². The second-order valence-corrected chi connectivity index (χ2v) is 5.42. The van der Waals surface area contributed by atoms with Crippen LogP contribution in [0, 0.1) is 0 Å². The fourth-order valence-electron chi connectivity index (χ4n) is 2.91. The molecule has 1 fully saturated rings. The summed E-state index contributed by atoms with van der Waals surface area (Å²) >= 11 is 0. The third kappa shape index (κ3) is 2.34. The van der Waals surface area contributed by atoms with Crippen LogP contribution in [0.5, 0.6) is 0 Å². The van der Waals surface area contributed by atoms with Crippen LogP contribution in [0.3, 0.4) is 0 Å². The molecule has 4 amide bonds. The van der Waals surface area contributed by atoms with E-state index in [9.17, 15) is 19.2 Å². The predicted molar refractivity (Wildman–Crippen MR) is 76.8 cm³/mol. The molecule has 1 atom stereocenters. The number of amides is 4. The minimum atomic E-state index is -0.650. The van der Waals surface area contributed by atoms with Gasteiger partial charge in [-0.2, -0.15) is 0 Å². The second-order valence-electron chi connectivity index (χ2n) is 5.42. The van der Waals surface area contributed by atoms with Crippen LogP contribution < -0.4 is 10.6 Å². The number of hydrogen-bond donors (Lipinski definition) is 2. The highest BCUT2D eigenvalue weighted by molar-refractivity contribution is 6.09. The molecule has 1 aromatic rings. The Morgan fingerprint density at radius 1 is 1.32 bits per heavy atom. The van der Waals surface area contributed by atoms with E-state index in [1.165, 1.54) is 11.8 Å². The van der Waals surface area contributed by atoms with Gasteiger partial charge in [0.2, 0.25) is 17.7 Å². The molecule has 0 aliphatic carbocycles. The van der Waals surface area contributed by atoms with Crippen molar-refractivity contribution < 1.29 is 19.2 Å². The molecule has 2 aliphatic rings. The summed E-state index contributed by atoms with van der Waals surface area (Å²) in [5, 5.41) is 4.90. The van der Waals surface area contributed by atoms with E-state index in [1.54, 1.807) is 18.2 Å². The van der Waals surface area contributed by atoms with Crippen molar-refractivity contribution in [3.63, 3.8) is 0 Å². The Morgan fingerprint density at radius 2 is 2.09 bits per heavy atom. The van der Waals surface area contributed by atoms with Gasteiger partial charge in [0.15, 0.2) is 0 Å². The number of nitrogens with one attached hydrogen (secondary N) is 2. The number of benzene rings is 1. The quantitative estimate of drug-likeness (QED) is 0.773. The summed E-state index contributed by atoms with van der Waals surface area (Å²) in [6.45, 7) is 1.67. The molecule has 2 heterocycles. The second kappa shape index (κ2) is 5.25. The molecule has 0 spiro atoms. The van der Waals surface area contributed by atoms with Gasteiger partial charge in [0.25, 0.3) is 5.91 Å². The minimum absolute atomic E-state index is 0.217. The van der Waals surface area contributed by atoms with E-state index >= 15 is 0 Å². The lowest BCUT2D eigenvalue weighted by atomic mass is 10.0. The van der Waals surface area contributed by atoms with Crippen molar-refractivity contribution in [3.05, 3.63) is 29.3 Å². The highest BCUT2D eigenvalue weighted by atomic mass is 16.2. The third-order valence-corrected chi connectivity index (χ3v) is 3.86. The van der Waals surface area contributed by atoms with Gasteiger partial charge in [-0.3, -0.25) is 24.5 Å². The Hall–Kier alpha value is -2.70. The van der Waals surface area contributed by atoms with Crippen LogP contribution in [0.25, 0.3) is 0 Å². The fourth-order valence-corrected chi connectivity index (χ4v) is 2.91. The standard InChI is InChI=1S/C15H15N3O4/c1-8(19)16-10-4-2-3-9-7-18(15(22)13(9)10)11-5-6-12(20)17-14(11)21/h2-4,11H,5-7H2,1H3,(H,16,19)(H,17,20,21). The van der Waals surface area contributed by atoms with Gasteiger partial charge in [0, 0.05) is 19.9 Å². The zero-order valence-electron chi connectivity index (χ0n) is 12.0. The van der Waals surface area contributed by atoms with Gasteiger partial charge in [0.05, 0.1) is 11.3 Å². The topological polar surface area (TPSA) is 95.6 Å². The minimum Gasteiger partial charge on any atom is -0.326 e. The van der Waals surface area contributed by atoms with E-state index < -0.39 is 11.9 Å². The van der Waals surface area contributed by atoms with Gasteiger partial charge in [-0.1, -0.05) is 12.1 Å². The lowest BCUT2D eigenvalue weighted by Gasteiger charge is -2.29. The Bertz CT molecular complexity index is 698. The van der Waals surface area contributed by atoms with Crippen molar-refractivity contribution >= 4 is 29.3 Å². The summed E-state index contributed by atoms with van der Waals surface area (Å²) in [5.41, 5.74) is 1.63. The summed E-state index contributed by atoms with van der Waals surface area (Å²) in [5.74, 6) is -1.32. The number of carbonyl (C=O) groups excluding carboxylic acids is 4. The first-order valence-electron chi connectivity index (χ1n) is 7.01. The first-order valence-corrected chi connectivity index (χ1v) is 7.01. The van der Waals surface area contributed by atoms with Gasteiger partial charge in [-0.25, -0.2) is 0 Å². The molecular weight excluding hydrogens is 286 g/mol. The Morgan fingerprint density at radius 3 is 2.77 bits per heavy atom. The molecule has 3 rings (SSSR count). The Labute approximate surface area is 126 Å². The molecule has 1 aromatic carbocycles. The number of carbonyl (C=O) groups is 4. The van der Waals surface area contributed by atoms with Crippen molar-refractivity contribution in [1.82, 2.24) is 10.2 Å². The van der Waals surface area contributed by atoms with Crippen LogP contribution in [0.4, 0.5) is 5.69 Å². The summed E-state index contributed by atoms with van der Waals surface area (Å²) in [6.07, 6.45) is 0.537. The molecule has 0 bridgehead atoms. The maximum atomic E-state index is 12.6. The van der Waals surface area contributed by atoms with E-state index in [0.29, 0.717) is 24.2 Å². The van der Waals surface area contributed by atoms with Gasteiger partial charge in [-0.15, -0.1) is 0 Å². The number of anilines is 1. The fraction of sp³-hybridized carbons (Fsp3) is 0.333. The molecule has 7 nitrogen and oxygen atoms in total. The normalized spacial score (nSPS) is 20.7. The van der Waals surface area contributed by atoms with Crippen LogP contribution in [0.1, 0.15) is 35.7 Å². The van der Waals surface area contributed by atoms with E-state index in [-0.39, 0.29) is 24.1 Å². The summed E-state index contributed by atoms with van der Waals surface area (Å²) in [7, 11) is 0. The molecule has 22 heavy (non-hydrogen) atoms. The first kappa shape index (κ1) is 14.2. The number of imide groups is 1. The molecular formula is C15H15N3O4. The molecule has 1 unspecified atom stereocenters. The van der Waals surface area contributed by atoms with Crippen LogP contribution >= 0.6 is 0 Å². The van der Waals surface area contributed by atoms with Gasteiger partial charge in [-0.05, 0) is 18.1 Å². The average molecular weight is 301 g/mol. The lowest BCUT2D eigenvalue weighted by Crippen LogP contribution is -2.52. The maximum absolute atomic E-state index is 12.6. The molecule has 7 heteroatoms. The molecule has 2 N–H and O–H groups in total. The van der Waals surface area contributed by atoms with Crippen molar-refractivity contribution in [2.45, 2.75) is 32.4 Å². The van der Waals surface area contributed by atoms with Crippen molar-refractivity contribution in [2.75, 3.05) is 5.32 Å². The van der Waals surface area contributed by atoms with Crippen molar-refractivity contribution in [1.29, 1.82) is 0 Å². The maximum Gasteiger partial charge on any atom is 0.257 e. The first-order chi connectivity index (χ1) is 10.5. The monoisotopic (exact) mass is 301 g/mol. The van der Waals surface area contributed by atoms with E-state index in [2.05, 4.69) is 10.6 Å². The lowest BCUT2D eigenvalue weighted by molar-refractivity contribution is -0.137. The number of hydrogen-bond acceptors (Lipinski definition) is 4. The highest BCUT2D eigenvalue weighted by Gasteiger charge is 2.40. The van der Waals surface area contributed by atoms with E-state index in [0.717, 1.165) is 5.56 Å². The van der Waals surface area contributed by atoms with Gasteiger partial charge in [0.1, 0.15) is 6.04 Å². The Kier molecular flexibility index (Phi) is 3.40. The summed E-state index contributed by atoms with van der Waals surface area (Å²) in [6, 6.07) is 4.56. The van der Waals surface area contributed by atoms with Crippen LogP contribution in [-0.2, 0) is 20.9 Å². The molecule has 114 valence electrons. The zero-order chi connectivity index (χ0) is 15.9. The van der Waals surface area contributed by atoms with Crippen LogP contribution in [0.2, 0.25) is 0 Å². The van der Waals surface area contributed by atoms with Crippen LogP contribution in [-0.4, -0.2) is 34.6 Å². The molecule has 0 radical (unpaired) electrons. The third-order valence-electron chi connectivity index (χ3n) is 3.86. The SMILES string of the molecule is CC(=O)Nc1cccc2c1C(=O)N(C1CCC(=O)NC1=O)C2. The Balaban J connectivity index is 1.90. The van der Waals surface area contributed by atoms with E-state index in [4.69, 9.17) is 0 Å². The molecule has 0 saturated carbocycles. The number of piperidine rings is 1. The van der Waals surface area contributed by atoms with E-state index in [1.807, 2.05) is 0 Å².